The van der Waals surface area contributed by atoms with Crippen molar-refractivity contribution in [3.63, 3.8) is 0 Å². The standard InChI is InChI=1S/C17H28N2O2/c1-6-7-12-19(5)17(20)18-14(4)21-16-10-8-15(9-11-16)13(2)3/h8-11,13-14H,6-7,12H2,1-5H3,(H,18,20). The molecular weight excluding hydrogens is 264 g/mol. The molecule has 118 valence electrons. The largest absolute Gasteiger partial charge is 0.471 e. The first-order chi connectivity index (χ1) is 9.93. The summed E-state index contributed by atoms with van der Waals surface area (Å²) in [6, 6.07) is 7.90. The second kappa shape index (κ2) is 8.55. The minimum atomic E-state index is -0.355. The van der Waals surface area contributed by atoms with Gasteiger partial charge in [0.05, 0.1) is 0 Å². The molecule has 1 aromatic carbocycles. The van der Waals surface area contributed by atoms with Crippen molar-refractivity contribution in [2.75, 3.05) is 13.6 Å². The zero-order valence-corrected chi connectivity index (χ0v) is 13.8. The van der Waals surface area contributed by atoms with Crippen LogP contribution in [0, 0.1) is 0 Å². The molecule has 1 unspecified atom stereocenters. The van der Waals surface area contributed by atoms with Crippen molar-refractivity contribution < 1.29 is 9.53 Å². The second-order valence-corrected chi connectivity index (χ2v) is 5.71. The maximum Gasteiger partial charge on any atom is 0.319 e. The smallest absolute Gasteiger partial charge is 0.319 e. The fourth-order valence-corrected chi connectivity index (χ4v) is 1.95. The summed E-state index contributed by atoms with van der Waals surface area (Å²) >= 11 is 0. The van der Waals surface area contributed by atoms with Gasteiger partial charge in [-0.15, -0.1) is 0 Å². The Morgan fingerprint density at radius 2 is 1.86 bits per heavy atom. The van der Waals surface area contributed by atoms with E-state index in [4.69, 9.17) is 4.74 Å². The van der Waals surface area contributed by atoms with Crippen LogP contribution in [-0.2, 0) is 0 Å². The lowest BCUT2D eigenvalue weighted by Crippen LogP contribution is -2.44. The van der Waals surface area contributed by atoms with E-state index < -0.39 is 0 Å². The van der Waals surface area contributed by atoms with Crippen molar-refractivity contribution in [3.05, 3.63) is 29.8 Å². The van der Waals surface area contributed by atoms with Crippen LogP contribution < -0.4 is 10.1 Å². The number of benzene rings is 1. The number of carbonyl (C=O) groups is 1. The van der Waals surface area contributed by atoms with Crippen LogP contribution in [0.4, 0.5) is 4.79 Å². The topological polar surface area (TPSA) is 41.6 Å². The fourth-order valence-electron chi connectivity index (χ4n) is 1.95. The molecule has 0 fully saturated rings. The molecule has 0 saturated carbocycles. The average molecular weight is 292 g/mol. The van der Waals surface area contributed by atoms with E-state index in [2.05, 4.69) is 38.2 Å². The van der Waals surface area contributed by atoms with E-state index in [1.165, 1.54) is 5.56 Å². The molecule has 0 heterocycles. The number of hydrogen-bond donors (Lipinski definition) is 1. The Kier molecular flexibility index (Phi) is 7.06. The van der Waals surface area contributed by atoms with Gasteiger partial charge in [0, 0.05) is 13.6 Å². The molecule has 0 saturated heterocycles. The van der Waals surface area contributed by atoms with Crippen LogP contribution in [0.25, 0.3) is 0 Å². The van der Waals surface area contributed by atoms with Crippen molar-refractivity contribution in [1.29, 1.82) is 0 Å². The summed E-state index contributed by atoms with van der Waals surface area (Å²) in [5.41, 5.74) is 1.28. The SMILES string of the molecule is CCCCN(C)C(=O)NC(C)Oc1ccc(C(C)C)cc1. The maximum atomic E-state index is 11.9. The number of unbranched alkanes of at least 4 members (excludes halogenated alkanes) is 1. The molecule has 0 radical (unpaired) electrons. The summed E-state index contributed by atoms with van der Waals surface area (Å²) in [6.45, 7) is 9.02. The Morgan fingerprint density at radius 1 is 1.24 bits per heavy atom. The summed E-state index contributed by atoms with van der Waals surface area (Å²) in [5.74, 6) is 1.27. The molecule has 1 rings (SSSR count). The summed E-state index contributed by atoms with van der Waals surface area (Å²) in [5, 5.41) is 2.84. The second-order valence-electron chi connectivity index (χ2n) is 5.71. The number of ether oxygens (including phenoxy) is 1. The van der Waals surface area contributed by atoms with E-state index >= 15 is 0 Å². The lowest BCUT2D eigenvalue weighted by atomic mass is 10.0. The van der Waals surface area contributed by atoms with Gasteiger partial charge in [-0.05, 0) is 37.0 Å². The number of nitrogens with one attached hydrogen (secondary N) is 1. The fraction of sp³-hybridized carbons (Fsp3) is 0.588. The van der Waals surface area contributed by atoms with Gasteiger partial charge in [0.15, 0.2) is 6.23 Å². The molecular formula is C17H28N2O2. The molecule has 1 N–H and O–H groups in total. The highest BCUT2D eigenvalue weighted by Crippen LogP contribution is 2.19. The molecule has 4 heteroatoms. The van der Waals surface area contributed by atoms with E-state index in [-0.39, 0.29) is 12.3 Å². The maximum absolute atomic E-state index is 11.9. The molecule has 1 aromatic rings. The van der Waals surface area contributed by atoms with Gasteiger partial charge in [0.25, 0.3) is 0 Å². The Morgan fingerprint density at radius 3 is 2.38 bits per heavy atom. The van der Waals surface area contributed by atoms with Crippen LogP contribution in [0.3, 0.4) is 0 Å². The summed E-state index contributed by atoms with van der Waals surface area (Å²) in [7, 11) is 1.80. The minimum Gasteiger partial charge on any atom is -0.471 e. The first kappa shape index (κ1) is 17.3. The molecule has 0 aliphatic rings. The van der Waals surface area contributed by atoms with Gasteiger partial charge in [0.2, 0.25) is 0 Å². The Bertz CT molecular complexity index is 429. The van der Waals surface area contributed by atoms with Gasteiger partial charge in [0.1, 0.15) is 5.75 Å². The number of nitrogens with zero attached hydrogens (tertiary/aromatic N) is 1. The Hall–Kier alpha value is -1.71. The number of rotatable bonds is 7. The van der Waals surface area contributed by atoms with Gasteiger partial charge >= 0.3 is 6.03 Å². The molecule has 21 heavy (non-hydrogen) atoms. The van der Waals surface area contributed by atoms with Crippen LogP contribution in [0.1, 0.15) is 52.0 Å². The van der Waals surface area contributed by atoms with Crippen molar-refractivity contribution in [1.82, 2.24) is 10.2 Å². The number of hydrogen-bond acceptors (Lipinski definition) is 2. The van der Waals surface area contributed by atoms with Crippen molar-refractivity contribution >= 4 is 6.03 Å². The molecule has 4 nitrogen and oxygen atoms in total. The van der Waals surface area contributed by atoms with Gasteiger partial charge in [-0.3, -0.25) is 0 Å². The normalized spacial score (nSPS) is 12.1. The minimum absolute atomic E-state index is 0.102. The highest BCUT2D eigenvalue weighted by atomic mass is 16.5. The van der Waals surface area contributed by atoms with Gasteiger partial charge in [-0.25, -0.2) is 4.79 Å². The number of amides is 2. The van der Waals surface area contributed by atoms with E-state index in [0.29, 0.717) is 5.92 Å². The van der Waals surface area contributed by atoms with Crippen LogP contribution in [0.5, 0.6) is 5.75 Å². The lowest BCUT2D eigenvalue weighted by molar-refractivity contribution is 0.158. The predicted octanol–water partition coefficient (Wildman–Crippen LogP) is 3.98. The van der Waals surface area contributed by atoms with Crippen LogP contribution >= 0.6 is 0 Å². The highest BCUT2D eigenvalue weighted by Gasteiger charge is 2.12. The summed E-state index contributed by atoms with van der Waals surface area (Å²) in [6.07, 6.45) is 1.73. The Balaban J connectivity index is 2.45. The first-order valence-corrected chi connectivity index (χ1v) is 7.72. The lowest BCUT2D eigenvalue weighted by Gasteiger charge is -2.22. The van der Waals surface area contributed by atoms with E-state index in [1.54, 1.807) is 11.9 Å². The Labute approximate surface area is 128 Å². The zero-order chi connectivity index (χ0) is 15.8. The molecule has 2 amide bonds. The molecule has 0 spiro atoms. The average Bonchev–Trinajstić information content (AvgIpc) is 2.45. The molecule has 0 aliphatic heterocycles. The molecule has 0 aromatic heterocycles. The third-order valence-corrected chi connectivity index (χ3v) is 3.38. The highest BCUT2D eigenvalue weighted by molar-refractivity contribution is 5.73. The summed E-state index contributed by atoms with van der Waals surface area (Å²) < 4.78 is 5.72. The van der Waals surface area contributed by atoms with Crippen LogP contribution in [-0.4, -0.2) is 30.8 Å². The van der Waals surface area contributed by atoms with Crippen molar-refractivity contribution in [2.45, 2.75) is 52.7 Å². The molecule has 0 aliphatic carbocycles. The molecule has 1 atom stereocenters. The predicted molar refractivity (Wildman–Crippen MR) is 86.7 cm³/mol. The third-order valence-electron chi connectivity index (χ3n) is 3.38. The summed E-state index contributed by atoms with van der Waals surface area (Å²) in [4.78, 5) is 13.6. The van der Waals surface area contributed by atoms with Crippen LogP contribution in [0.15, 0.2) is 24.3 Å². The van der Waals surface area contributed by atoms with Gasteiger partial charge in [-0.1, -0.05) is 39.3 Å². The number of carbonyl (C=O) groups excluding carboxylic acids is 1. The van der Waals surface area contributed by atoms with E-state index in [0.717, 1.165) is 25.1 Å². The monoisotopic (exact) mass is 292 g/mol. The van der Waals surface area contributed by atoms with Gasteiger partial charge in [-0.2, -0.15) is 0 Å². The van der Waals surface area contributed by atoms with Crippen molar-refractivity contribution in [2.24, 2.45) is 0 Å². The molecule has 0 bridgehead atoms. The van der Waals surface area contributed by atoms with Gasteiger partial charge < -0.3 is 15.0 Å². The van der Waals surface area contributed by atoms with Crippen molar-refractivity contribution in [3.8, 4) is 5.75 Å². The van der Waals surface area contributed by atoms with E-state index in [9.17, 15) is 4.79 Å². The van der Waals surface area contributed by atoms with Crippen LogP contribution in [0.2, 0.25) is 0 Å². The third kappa shape index (κ3) is 6.06. The first-order valence-electron chi connectivity index (χ1n) is 7.72. The zero-order valence-electron chi connectivity index (χ0n) is 13.8. The van der Waals surface area contributed by atoms with E-state index in [1.807, 2.05) is 19.1 Å². The quantitative estimate of drug-likeness (QED) is 0.772. The number of urea groups is 1.